The fourth-order valence-electron chi connectivity index (χ4n) is 11.0. The SMILES string of the molecule is CC[C@H](C)[C@H](NC(=O)[C@H](CC(C)C)NC(=O)[C@H](CCC(=O)O)NC(=O)[C@H](C)NC(=O)[C@H](CCC(N)=O)NC(=O)[C@H](CCC(N)=O)NC(=O)[C@H](C)NC(=O)[C@H](CCC(N)=O)NC(=O)[C@H](C)NC(=O)[C@H](CC(=O)O)NC(=O)[C@H](CC(=O)O)NC(=O)[C@H](CC(C)C)NC(=O)[C@H](CO)NC(=O)[C@H](CS)NC(=O)[C@@H](N)C(C)C)C(=O)N[C@@H](CCCN=C(N)N)C(=O)O. The monoisotopic (exact) mass is 1760 g/mol. The maximum atomic E-state index is 14.1. The predicted octanol–water partition coefficient (Wildman–Crippen LogP) is -9.89. The van der Waals surface area contributed by atoms with Crippen LogP contribution in [0.25, 0.3) is 0 Å². The molecule has 0 aromatic carbocycles. The molecule has 0 saturated heterocycles. The molecular weight excluding hydrogens is 1640 g/mol. The molecule has 50 heteroatoms. The Bertz CT molecular complexity index is 3740. The van der Waals surface area contributed by atoms with Crippen molar-refractivity contribution in [3.63, 3.8) is 0 Å². The molecule has 0 spiro atoms. The highest BCUT2D eigenvalue weighted by atomic mass is 32.1. The van der Waals surface area contributed by atoms with Crippen LogP contribution in [0, 0.1) is 23.7 Å². The van der Waals surface area contributed by atoms with Crippen LogP contribution in [0.5, 0.6) is 0 Å². The number of carbonyl (C=O) groups excluding carboxylic acids is 18. The molecule has 0 fully saturated rings. The van der Waals surface area contributed by atoms with Gasteiger partial charge in [0.2, 0.25) is 106 Å². The quantitative estimate of drug-likeness (QED) is 0.0116. The first-order valence-electron chi connectivity index (χ1n) is 39.0. The summed E-state index contributed by atoms with van der Waals surface area (Å²) in [7, 11) is 0. The molecule has 32 N–H and O–H groups in total. The van der Waals surface area contributed by atoms with E-state index in [-0.39, 0.29) is 62.2 Å². The molecule has 49 nitrogen and oxygen atoms in total. The fourth-order valence-corrected chi connectivity index (χ4v) is 11.2. The summed E-state index contributed by atoms with van der Waals surface area (Å²) in [5.74, 6) is -29.2. The molecule has 688 valence electrons. The van der Waals surface area contributed by atoms with Gasteiger partial charge in [-0.1, -0.05) is 61.8 Å². The number of thiol groups is 1. The Morgan fingerprint density at radius 1 is 0.336 bits per heavy atom. The Morgan fingerprint density at radius 2 is 0.631 bits per heavy atom. The van der Waals surface area contributed by atoms with Crippen LogP contribution in [0.3, 0.4) is 0 Å². The van der Waals surface area contributed by atoms with Crippen LogP contribution in [-0.4, -0.2) is 277 Å². The van der Waals surface area contributed by atoms with Gasteiger partial charge in [0.25, 0.3) is 0 Å². The van der Waals surface area contributed by atoms with Gasteiger partial charge in [0.05, 0.1) is 25.5 Å². The summed E-state index contributed by atoms with van der Waals surface area (Å²) in [6.07, 6.45) is -7.73. The Labute approximate surface area is 708 Å². The summed E-state index contributed by atoms with van der Waals surface area (Å²) >= 11 is 4.06. The van der Waals surface area contributed by atoms with Gasteiger partial charge in [-0.15, -0.1) is 0 Å². The number of nitrogens with one attached hydrogen (secondary N) is 15. The van der Waals surface area contributed by atoms with E-state index < -0.39 is 310 Å². The van der Waals surface area contributed by atoms with Gasteiger partial charge in [-0.05, 0) is 95.8 Å². The molecule has 0 aliphatic rings. The number of aliphatic carboxylic acids is 4. The third kappa shape index (κ3) is 43.2. The smallest absolute Gasteiger partial charge is 0.326 e. The number of hydrogen-bond donors (Lipinski definition) is 27. The largest absolute Gasteiger partial charge is 0.481 e. The van der Waals surface area contributed by atoms with E-state index in [1.54, 1.807) is 55.4 Å². The lowest BCUT2D eigenvalue weighted by atomic mass is 9.96. The van der Waals surface area contributed by atoms with E-state index >= 15 is 0 Å². The number of guanidine groups is 1. The van der Waals surface area contributed by atoms with Crippen molar-refractivity contribution in [2.24, 2.45) is 63.1 Å². The van der Waals surface area contributed by atoms with Crippen molar-refractivity contribution in [2.45, 2.75) is 269 Å². The van der Waals surface area contributed by atoms with Crippen molar-refractivity contribution in [2.75, 3.05) is 18.9 Å². The number of nitrogens with two attached hydrogens (primary N) is 6. The summed E-state index contributed by atoms with van der Waals surface area (Å²) in [6, 6.07) is -27.0. The lowest BCUT2D eigenvalue weighted by Crippen LogP contribution is -2.61. The van der Waals surface area contributed by atoms with Gasteiger partial charge in [-0.2, -0.15) is 12.6 Å². The van der Waals surface area contributed by atoms with Crippen molar-refractivity contribution >= 4 is 149 Å². The van der Waals surface area contributed by atoms with Crippen LogP contribution in [0.4, 0.5) is 0 Å². The zero-order valence-corrected chi connectivity index (χ0v) is 70.7. The van der Waals surface area contributed by atoms with Gasteiger partial charge < -0.3 is 140 Å². The number of rotatable bonds is 60. The maximum Gasteiger partial charge on any atom is 0.326 e. The van der Waals surface area contributed by atoms with Crippen molar-refractivity contribution in [1.82, 2.24) is 79.8 Å². The van der Waals surface area contributed by atoms with Crippen LogP contribution >= 0.6 is 12.6 Å². The molecule has 0 rings (SSSR count). The average molecular weight is 1760 g/mol. The maximum absolute atomic E-state index is 14.1. The highest BCUT2D eigenvalue weighted by molar-refractivity contribution is 7.80. The Morgan fingerprint density at radius 3 is 0.959 bits per heavy atom. The second-order valence-electron chi connectivity index (χ2n) is 30.1. The van der Waals surface area contributed by atoms with E-state index in [9.17, 15) is 131 Å². The lowest BCUT2D eigenvalue weighted by Gasteiger charge is -2.29. The Balaban J connectivity index is 6.82. The summed E-state index contributed by atoms with van der Waals surface area (Å²) in [6.45, 7) is 15.1. The molecule has 0 aliphatic heterocycles. The fraction of sp³-hybridized carbons (Fsp3) is 0.681. The number of amides is 18. The van der Waals surface area contributed by atoms with Gasteiger partial charge in [0, 0.05) is 38.0 Å². The van der Waals surface area contributed by atoms with Crippen molar-refractivity contribution in [3.8, 4) is 0 Å². The standard InChI is InChI=1S/C72H122N22O27S/c1-12-33(8)55(70(119)87-41(71(120)121)14-13-23-79-72(77)78)94-66(115)43(25-31(4)5)88-62(111)40(18-22-51(99)100)85-57(106)35(10)81-60(109)38(16-20-49(74)97)86-61(110)39(17-21-50(75)98)84-56(105)34(9)80-59(108)37(15-19-48(73)96)83-58(107)36(11)82-63(112)44(26-52(101)102)90-65(114)45(27-53(103)104)91-64(113)42(24-30(2)3)89-67(116)46(28-95)92-68(117)47(29-122)93-69(118)54(76)32(6)7/h30-47,54-55,95,122H,12-29,76H2,1-11H3,(H2,73,96)(H2,74,97)(H2,75,98)(H,80,108)(H,81,109)(H,82,112)(H,83,107)(H,84,105)(H,85,106)(H,86,110)(H,87,119)(H,88,111)(H,89,116)(H,90,114)(H,91,113)(H,92,117)(H,93,118)(H,94,115)(H,99,100)(H,101,102)(H,103,104)(H,120,121)(H4,77,78,79)/t33-,34-,35-,36-,37-,38-,39-,40-,41-,42-,43-,44-,45-,46-,47-,54-,55-/m0/s1. The van der Waals surface area contributed by atoms with E-state index in [2.05, 4.69) is 92.1 Å². The zero-order chi connectivity index (χ0) is 93.9. The van der Waals surface area contributed by atoms with E-state index in [1.807, 2.05) is 5.32 Å². The van der Waals surface area contributed by atoms with Crippen LogP contribution < -0.4 is 114 Å². The third-order valence-electron chi connectivity index (χ3n) is 18.2. The zero-order valence-electron chi connectivity index (χ0n) is 69.9. The summed E-state index contributed by atoms with van der Waals surface area (Å²) in [5, 5.41) is 83.3. The van der Waals surface area contributed by atoms with Crippen molar-refractivity contribution in [3.05, 3.63) is 0 Å². The number of aliphatic hydroxyl groups is 1. The van der Waals surface area contributed by atoms with Crippen LogP contribution in [-0.2, 0) is 105 Å². The molecule has 0 saturated carbocycles. The molecule has 0 unspecified atom stereocenters. The van der Waals surface area contributed by atoms with Crippen molar-refractivity contribution < 1.29 is 131 Å². The molecule has 17 atom stereocenters. The summed E-state index contributed by atoms with van der Waals surface area (Å²) in [4.78, 5) is 294. The minimum absolute atomic E-state index is 0.0392. The minimum atomic E-state index is -2.19. The molecule has 0 bridgehead atoms. The predicted molar refractivity (Wildman–Crippen MR) is 432 cm³/mol. The molecular formula is C72H122N22O27S. The van der Waals surface area contributed by atoms with Crippen molar-refractivity contribution in [1.29, 1.82) is 0 Å². The number of nitrogens with zero attached hydrogens (tertiary/aromatic N) is 1. The normalized spacial score (nSPS) is 15.3. The Hall–Kier alpha value is -12.1. The van der Waals surface area contributed by atoms with Gasteiger partial charge in [-0.3, -0.25) is 106 Å². The van der Waals surface area contributed by atoms with Gasteiger partial charge in [-0.25, -0.2) is 4.79 Å². The highest BCUT2D eigenvalue weighted by Gasteiger charge is 2.40. The number of aliphatic hydroxyl groups excluding tert-OH is 1. The van der Waals surface area contributed by atoms with Gasteiger partial charge in [0.1, 0.15) is 90.6 Å². The first-order valence-corrected chi connectivity index (χ1v) is 39.6. The average Bonchev–Trinajstić information content (AvgIpc) is 0.857. The molecule has 18 amide bonds. The molecule has 0 heterocycles. The van der Waals surface area contributed by atoms with Crippen LogP contribution in [0.15, 0.2) is 4.99 Å². The second-order valence-corrected chi connectivity index (χ2v) is 30.4. The van der Waals surface area contributed by atoms with E-state index in [4.69, 9.17) is 34.4 Å². The topological polar surface area (TPSA) is 826 Å². The lowest BCUT2D eigenvalue weighted by molar-refractivity contribution is -0.143. The van der Waals surface area contributed by atoms with E-state index in [1.165, 1.54) is 0 Å². The number of carbonyl (C=O) groups is 22. The second kappa shape index (κ2) is 55.7. The number of carboxylic acid groups (broad SMARTS) is 4. The first kappa shape index (κ1) is 110. The number of carboxylic acids is 4. The first-order chi connectivity index (χ1) is 56.7. The molecule has 0 aromatic rings. The number of hydrogen-bond acceptors (Lipinski definition) is 26. The minimum Gasteiger partial charge on any atom is -0.481 e. The van der Waals surface area contributed by atoms with Gasteiger partial charge in [0.15, 0.2) is 5.96 Å². The Kier molecular flexibility index (Phi) is 50.1. The third-order valence-corrected chi connectivity index (χ3v) is 18.5. The molecule has 0 aromatic heterocycles. The highest BCUT2D eigenvalue weighted by Crippen LogP contribution is 2.16. The van der Waals surface area contributed by atoms with Crippen LogP contribution in [0.2, 0.25) is 0 Å². The molecule has 122 heavy (non-hydrogen) atoms. The molecule has 0 aliphatic carbocycles. The van der Waals surface area contributed by atoms with E-state index in [0.29, 0.717) is 0 Å². The van der Waals surface area contributed by atoms with Crippen LogP contribution in [0.1, 0.15) is 172 Å². The summed E-state index contributed by atoms with van der Waals surface area (Å²) in [5.41, 5.74) is 32.7. The number of primary amides is 3. The van der Waals surface area contributed by atoms with Gasteiger partial charge >= 0.3 is 23.9 Å². The van der Waals surface area contributed by atoms with E-state index in [0.717, 1.165) is 20.8 Å². The summed E-state index contributed by atoms with van der Waals surface area (Å²) < 4.78 is 0. The number of aliphatic imine (C=N–C) groups is 1. The molecule has 0 radical (unpaired) electrons.